The van der Waals surface area contributed by atoms with Crippen LogP contribution in [0.4, 0.5) is 0 Å². The monoisotopic (exact) mass is 345 g/mol. The van der Waals surface area contributed by atoms with Crippen molar-refractivity contribution >= 4 is 17.5 Å². The average Bonchev–Trinajstić information content (AvgIpc) is 2.57. The lowest BCUT2D eigenvalue weighted by Gasteiger charge is -2.17. The number of hydrogen-bond donors (Lipinski definition) is 1. The summed E-state index contributed by atoms with van der Waals surface area (Å²) < 4.78 is 5.79. The zero-order chi connectivity index (χ0) is 17.5. The van der Waals surface area contributed by atoms with Crippen LogP contribution >= 0.6 is 11.6 Å². The predicted molar refractivity (Wildman–Crippen MR) is 98.8 cm³/mol. The topological polar surface area (TPSA) is 38.3 Å². The van der Waals surface area contributed by atoms with Crippen molar-refractivity contribution < 1.29 is 9.53 Å². The maximum atomic E-state index is 12.1. The molecule has 0 saturated heterocycles. The van der Waals surface area contributed by atoms with Gasteiger partial charge in [0.1, 0.15) is 5.75 Å². The highest BCUT2D eigenvalue weighted by molar-refractivity contribution is 6.30. The van der Waals surface area contributed by atoms with E-state index in [1.807, 2.05) is 56.3 Å². The van der Waals surface area contributed by atoms with E-state index in [0.717, 1.165) is 34.7 Å². The van der Waals surface area contributed by atoms with Crippen LogP contribution in [0, 0.1) is 13.8 Å². The molecule has 0 spiro atoms. The third-order valence-electron chi connectivity index (χ3n) is 4.08. The molecule has 3 nitrogen and oxygen atoms in total. The van der Waals surface area contributed by atoms with Gasteiger partial charge in [-0.3, -0.25) is 4.79 Å². The first-order valence-corrected chi connectivity index (χ1v) is 8.60. The number of carbonyl (C=O) groups is 1. The number of aryl methyl sites for hydroxylation is 2. The molecule has 0 aliphatic rings. The van der Waals surface area contributed by atoms with E-state index in [1.54, 1.807) is 6.92 Å². The Morgan fingerprint density at radius 3 is 2.58 bits per heavy atom. The number of rotatable bonds is 7. The zero-order valence-electron chi connectivity index (χ0n) is 14.4. The van der Waals surface area contributed by atoms with Crippen molar-refractivity contribution in [1.29, 1.82) is 0 Å². The number of benzene rings is 2. The molecule has 0 unspecified atom stereocenters. The highest BCUT2D eigenvalue weighted by Crippen LogP contribution is 2.21. The third-order valence-corrected chi connectivity index (χ3v) is 4.33. The molecule has 1 atom stereocenters. The number of amides is 1. The van der Waals surface area contributed by atoms with Crippen molar-refractivity contribution in [3.8, 4) is 5.75 Å². The van der Waals surface area contributed by atoms with Crippen LogP contribution in [0.25, 0.3) is 0 Å². The van der Waals surface area contributed by atoms with Crippen LogP contribution in [0.2, 0.25) is 5.02 Å². The largest absolute Gasteiger partial charge is 0.481 e. The minimum Gasteiger partial charge on any atom is -0.481 e. The molecule has 1 N–H and O–H groups in total. The van der Waals surface area contributed by atoms with Gasteiger partial charge in [0.2, 0.25) is 0 Å². The van der Waals surface area contributed by atoms with Gasteiger partial charge in [-0.05, 0) is 68.5 Å². The highest BCUT2D eigenvalue weighted by Gasteiger charge is 2.15. The molecule has 2 aromatic carbocycles. The van der Waals surface area contributed by atoms with Gasteiger partial charge in [-0.15, -0.1) is 0 Å². The van der Waals surface area contributed by atoms with Crippen molar-refractivity contribution in [1.82, 2.24) is 5.32 Å². The first-order chi connectivity index (χ1) is 11.5. The molecule has 0 aromatic heterocycles. The first-order valence-electron chi connectivity index (χ1n) is 8.22. The molecule has 0 aliphatic heterocycles. The van der Waals surface area contributed by atoms with Crippen molar-refractivity contribution in [3.05, 3.63) is 64.2 Å². The van der Waals surface area contributed by atoms with Gasteiger partial charge in [0.05, 0.1) is 0 Å². The Labute approximate surface area is 149 Å². The Hall–Kier alpha value is -2.00. The smallest absolute Gasteiger partial charge is 0.260 e. The third kappa shape index (κ3) is 5.27. The van der Waals surface area contributed by atoms with Crippen LogP contribution < -0.4 is 10.1 Å². The molecule has 0 saturated carbocycles. The summed E-state index contributed by atoms with van der Waals surface area (Å²) in [5, 5.41) is 3.67. The maximum Gasteiger partial charge on any atom is 0.260 e. The van der Waals surface area contributed by atoms with Crippen molar-refractivity contribution in [2.45, 2.75) is 39.7 Å². The quantitative estimate of drug-likeness (QED) is 0.752. The number of halogens is 1. The standard InChI is InChI=1S/C20H24ClNO2/c1-14-6-4-8-19(15(14)2)24-16(3)20(23)22-13-5-7-17-9-11-18(21)12-10-17/h4,6,8-12,16H,5,7,13H2,1-3H3,(H,22,23)/t16-/m1/s1. The average molecular weight is 346 g/mol. The maximum absolute atomic E-state index is 12.1. The van der Waals surface area contributed by atoms with Crippen LogP contribution in [0.5, 0.6) is 5.75 Å². The van der Waals surface area contributed by atoms with E-state index in [2.05, 4.69) is 5.32 Å². The fourth-order valence-corrected chi connectivity index (χ4v) is 2.52. The summed E-state index contributed by atoms with van der Waals surface area (Å²) in [6, 6.07) is 13.7. The van der Waals surface area contributed by atoms with Gasteiger partial charge >= 0.3 is 0 Å². The summed E-state index contributed by atoms with van der Waals surface area (Å²) in [7, 11) is 0. The molecule has 4 heteroatoms. The van der Waals surface area contributed by atoms with Gasteiger partial charge in [-0.1, -0.05) is 35.9 Å². The Morgan fingerprint density at radius 2 is 1.88 bits per heavy atom. The second-order valence-corrected chi connectivity index (χ2v) is 6.42. The van der Waals surface area contributed by atoms with Crippen LogP contribution in [-0.2, 0) is 11.2 Å². The summed E-state index contributed by atoms with van der Waals surface area (Å²) in [4.78, 5) is 12.1. The second kappa shape index (κ2) is 8.74. The molecule has 0 bridgehead atoms. The molecule has 2 aromatic rings. The Bertz CT molecular complexity index is 683. The summed E-state index contributed by atoms with van der Waals surface area (Å²) in [5.41, 5.74) is 3.44. The predicted octanol–water partition coefficient (Wildman–Crippen LogP) is 4.47. The van der Waals surface area contributed by atoms with E-state index in [1.165, 1.54) is 5.56 Å². The molecule has 0 heterocycles. The Balaban J connectivity index is 1.75. The molecular formula is C20H24ClNO2. The van der Waals surface area contributed by atoms with Crippen LogP contribution in [0.15, 0.2) is 42.5 Å². The number of hydrogen-bond acceptors (Lipinski definition) is 2. The second-order valence-electron chi connectivity index (χ2n) is 5.98. The molecule has 0 aliphatic carbocycles. The lowest BCUT2D eigenvalue weighted by Crippen LogP contribution is -2.37. The SMILES string of the molecule is Cc1cccc(O[C@H](C)C(=O)NCCCc2ccc(Cl)cc2)c1C. The van der Waals surface area contributed by atoms with Gasteiger partial charge in [0.15, 0.2) is 6.10 Å². The molecule has 1 amide bonds. The summed E-state index contributed by atoms with van der Waals surface area (Å²) in [6.45, 7) is 6.43. The van der Waals surface area contributed by atoms with E-state index in [4.69, 9.17) is 16.3 Å². The minimum atomic E-state index is -0.513. The normalized spacial score (nSPS) is 11.8. The van der Waals surface area contributed by atoms with Crippen molar-refractivity contribution in [3.63, 3.8) is 0 Å². The number of carbonyl (C=O) groups excluding carboxylic acids is 1. The molecular weight excluding hydrogens is 322 g/mol. The fourth-order valence-electron chi connectivity index (χ4n) is 2.39. The fraction of sp³-hybridized carbons (Fsp3) is 0.350. The molecule has 0 radical (unpaired) electrons. The van der Waals surface area contributed by atoms with E-state index < -0.39 is 6.10 Å². The van der Waals surface area contributed by atoms with Crippen LogP contribution in [0.1, 0.15) is 30.0 Å². The first kappa shape index (κ1) is 18.3. The lowest BCUT2D eigenvalue weighted by molar-refractivity contribution is -0.127. The summed E-state index contributed by atoms with van der Waals surface area (Å²) >= 11 is 5.87. The summed E-state index contributed by atoms with van der Waals surface area (Å²) in [6.07, 6.45) is 1.27. The highest BCUT2D eigenvalue weighted by atomic mass is 35.5. The van der Waals surface area contributed by atoms with E-state index in [9.17, 15) is 4.79 Å². The minimum absolute atomic E-state index is 0.0907. The van der Waals surface area contributed by atoms with Gasteiger partial charge in [0, 0.05) is 11.6 Å². The van der Waals surface area contributed by atoms with Gasteiger partial charge in [-0.25, -0.2) is 0 Å². The van der Waals surface area contributed by atoms with Crippen LogP contribution in [-0.4, -0.2) is 18.6 Å². The lowest BCUT2D eigenvalue weighted by atomic mass is 10.1. The van der Waals surface area contributed by atoms with Crippen molar-refractivity contribution in [2.75, 3.05) is 6.54 Å². The molecule has 0 fully saturated rings. The molecule has 128 valence electrons. The molecule has 24 heavy (non-hydrogen) atoms. The van der Waals surface area contributed by atoms with Gasteiger partial charge in [-0.2, -0.15) is 0 Å². The number of nitrogens with one attached hydrogen (secondary N) is 1. The Kier molecular flexibility index (Phi) is 6.68. The number of ether oxygens (including phenoxy) is 1. The van der Waals surface area contributed by atoms with Gasteiger partial charge < -0.3 is 10.1 Å². The summed E-state index contributed by atoms with van der Waals surface area (Å²) in [5.74, 6) is 0.672. The van der Waals surface area contributed by atoms with E-state index in [-0.39, 0.29) is 5.91 Å². The van der Waals surface area contributed by atoms with Gasteiger partial charge in [0.25, 0.3) is 5.91 Å². The van der Waals surface area contributed by atoms with E-state index >= 15 is 0 Å². The van der Waals surface area contributed by atoms with E-state index in [0.29, 0.717) is 6.54 Å². The van der Waals surface area contributed by atoms with Crippen molar-refractivity contribution in [2.24, 2.45) is 0 Å². The zero-order valence-corrected chi connectivity index (χ0v) is 15.2. The molecule has 2 rings (SSSR count). The van der Waals surface area contributed by atoms with Crippen LogP contribution in [0.3, 0.4) is 0 Å². The Morgan fingerprint density at radius 1 is 1.17 bits per heavy atom.